The number of carbonyl (C=O) groups is 2. The molecule has 2 unspecified atom stereocenters. The Morgan fingerprint density at radius 1 is 1.52 bits per heavy atom. The highest BCUT2D eigenvalue weighted by atomic mass is 32.2. The molecule has 0 spiro atoms. The lowest BCUT2D eigenvalue weighted by Gasteiger charge is -2.15. The molecule has 2 rings (SSSR count). The number of hydrogen-bond donors (Lipinski definition) is 3. The molecule has 114 valence electrons. The van der Waals surface area contributed by atoms with Crippen molar-refractivity contribution in [1.29, 1.82) is 0 Å². The van der Waals surface area contributed by atoms with Gasteiger partial charge in [0.2, 0.25) is 0 Å². The van der Waals surface area contributed by atoms with Crippen molar-refractivity contribution in [2.24, 2.45) is 7.05 Å². The Labute approximate surface area is 120 Å². The summed E-state index contributed by atoms with van der Waals surface area (Å²) in [6.07, 6.45) is 4.15. The molecule has 21 heavy (non-hydrogen) atoms. The van der Waals surface area contributed by atoms with E-state index in [0.29, 0.717) is 5.56 Å². The molecule has 3 N–H and O–H groups in total. The number of sulfone groups is 1. The van der Waals surface area contributed by atoms with Crippen molar-refractivity contribution < 1.29 is 23.1 Å². The van der Waals surface area contributed by atoms with E-state index in [1.54, 1.807) is 7.05 Å². The number of carboxylic acid groups (broad SMARTS) is 1. The summed E-state index contributed by atoms with van der Waals surface area (Å²) in [4.78, 5) is 23.0. The standard InChI is InChI=1S/C11H14N4O5S/c1-15-5-7(4-12-15)9(10(16)17)14-11(18)13-8-2-3-21(19,20)6-8/h2-5,8-9H,6H2,1H3,(H,16,17)(H2,13,14,18). The lowest BCUT2D eigenvalue weighted by Crippen LogP contribution is -2.45. The van der Waals surface area contributed by atoms with E-state index in [1.807, 2.05) is 0 Å². The first-order chi connectivity index (χ1) is 9.77. The van der Waals surface area contributed by atoms with Crippen LogP contribution in [0, 0.1) is 0 Å². The van der Waals surface area contributed by atoms with E-state index in [9.17, 15) is 18.0 Å². The van der Waals surface area contributed by atoms with Crippen molar-refractivity contribution in [3.05, 3.63) is 29.4 Å². The third-order valence-corrected chi connectivity index (χ3v) is 4.22. The number of nitrogens with zero attached hydrogens (tertiary/aromatic N) is 2. The van der Waals surface area contributed by atoms with E-state index in [0.717, 1.165) is 5.41 Å². The molecule has 10 heteroatoms. The molecule has 2 atom stereocenters. The summed E-state index contributed by atoms with van der Waals surface area (Å²) in [7, 11) is -1.67. The van der Waals surface area contributed by atoms with Crippen LogP contribution in [0.2, 0.25) is 0 Å². The lowest BCUT2D eigenvalue weighted by atomic mass is 10.1. The topological polar surface area (TPSA) is 130 Å². The van der Waals surface area contributed by atoms with Gasteiger partial charge >= 0.3 is 12.0 Å². The molecule has 1 aliphatic rings. The third kappa shape index (κ3) is 3.81. The Bertz CT molecular complexity index is 693. The highest BCUT2D eigenvalue weighted by Crippen LogP contribution is 2.12. The van der Waals surface area contributed by atoms with Crippen molar-refractivity contribution in [1.82, 2.24) is 20.4 Å². The summed E-state index contributed by atoms with van der Waals surface area (Å²) in [5.41, 5.74) is 0.315. The number of aromatic nitrogens is 2. The maximum atomic E-state index is 11.8. The fraction of sp³-hybridized carbons (Fsp3) is 0.364. The molecule has 0 saturated carbocycles. The minimum atomic E-state index is -3.29. The smallest absolute Gasteiger partial charge is 0.331 e. The maximum Gasteiger partial charge on any atom is 0.331 e. The fourth-order valence-corrected chi connectivity index (χ4v) is 3.12. The van der Waals surface area contributed by atoms with Crippen LogP contribution in [0.3, 0.4) is 0 Å². The Morgan fingerprint density at radius 3 is 2.71 bits per heavy atom. The highest BCUT2D eigenvalue weighted by Gasteiger charge is 2.27. The molecule has 1 aliphatic heterocycles. The van der Waals surface area contributed by atoms with Gasteiger partial charge in [-0.1, -0.05) is 0 Å². The van der Waals surface area contributed by atoms with Crippen molar-refractivity contribution in [3.63, 3.8) is 0 Å². The van der Waals surface area contributed by atoms with Gasteiger partial charge in [-0.15, -0.1) is 0 Å². The van der Waals surface area contributed by atoms with Gasteiger partial charge in [0.1, 0.15) is 0 Å². The van der Waals surface area contributed by atoms with Crippen molar-refractivity contribution in [2.45, 2.75) is 12.1 Å². The van der Waals surface area contributed by atoms with Gasteiger partial charge in [0.25, 0.3) is 0 Å². The minimum absolute atomic E-state index is 0.231. The first kappa shape index (κ1) is 15.0. The van der Waals surface area contributed by atoms with Crippen LogP contribution in [0.4, 0.5) is 4.79 Å². The zero-order chi connectivity index (χ0) is 15.6. The first-order valence-electron chi connectivity index (χ1n) is 5.96. The van der Waals surface area contributed by atoms with Crippen LogP contribution in [0.25, 0.3) is 0 Å². The van der Waals surface area contributed by atoms with E-state index >= 15 is 0 Å². The number of rotatable bonds is 4. The van der Waals surface area contributed by atoms with Crippen LogP contribution in [-0.2, 0) is 21.7 Å². The molecule has 0 saturated heterocycles. The van der Waals surface area contributed by atoms with Gasteiger partial charge in [-0.2, -0.15) is 5.10 Å². The van der Waals surface area contributed by atoms with Crippen molar-refractivity contribution in [3.8, 4) is 0 Å². The second-order valence-electron chi connectivity index (χ2n) is 4.60. The number of carbonyl (C=O) groups excluding carboxylic acids is 1. The third-order valence-electron chi connectivity index (χ3n) is 2.83. The molecule has 2 amide bonds. The molecule has 2 heterocycles. The van der Waals surface area contributed by atoms with Crippen LogP contribution < -0.4 is 10.6 Å². The molecule has 9 nitrogen and oxygen atoms in total. The SMILES string of the molecule is Cn1cc(C(NC(=O)NC2C=CS(=O)(=O)C2)C(=O)O)cn1. The average molecular weight is 314 g/mol. The van der Waals surface area contributed by atoms with Gasteiger partial charge in [-0.05, 0) is 6.08 Å². The number of aryl methyl sites for hydroxylation is 1. The summed E-state index contributed by atoms with van der Waals surface area (Å²) >= 11 is 0. The predicted molar refractivity (Wildman–Crippen MR) is 72.0 cm³/mol. The van der Waals surface area contributed by atoms with Crippen LogP contribution in [0.5, 0.6) is 0 Å². The van der Waals surface area contributed by atoms with Gasteiger partial charge in [-0.25, -0.2) is 18.0 Å². The Balaban J connectivity index is 2.00. The lowest BCUT2D eigenvalue weighted by molar-refractivity contribution is -0.139. The Morgan fingerprint density at radius 2 is 2.24 bits per heavy atom. The molecule has 0 aliphatic carbocycles. The van der Waals surface area contributed by atoms with Crippen molar-refractivity contribution >= 4 is 21.8 Å². The normalized spacial score (nSPS) is 20.9. The summed E-state index contributed by atoms with van der Waals surface area (Å²) in [6.45, 7) is 0. The van der Waals surface area contributed by atoms with Crippen LogP contribution in [-0.4, -0.2) is 47.1 Å². The minimum Gasteiger partial charge on any atom is -0.479 e. The predicted octanol–water partition coefficient (Wildman–Crippen LogP) is -0.844. The maximum absolute atomic E-state index is 11.8. The number of hydrogen-bond acceptors (Lipinski definition) is 5. The number of carboxylic acids is 1. The average Bonchev–Trinajstić information content (AvgIpc) is 2.92. The van der Waals surface area contributed by atoms with Gasteiger partial charge in [0.05, 0.1) is 18.0 Å². The van der Waals surface area contributed by atoms with Crippen molar-refractivity contribution in [2.75, 3.05) is 5.75 Å². The number of amides is 2. The molecule has 0 radical (unpaired) electrons. The van der Waals surface area contributed by atoms with Gasteiger partial charge in [-0.3, -0.25) is 4.68 Å². The van der Waals surface area contributed by atoms with E-state index in [4.69, 9.17) is 5.11 Å². The quantitative estimate of drug-likeness (QED) is 0.664. The summed E-state index contributed by atoms with van der Waals surface area (Å²) < 4.78 is 23.8. The van der Waals surface area contributed by atoms with Crippen LogP contribution >= 0.6 is 0 Å². The fourth-order valence-electron chi connectivity index (χ4n) is 1.88. The largest absolute Gasteiger partial charge is 0.479 e. The molecular formula is C11H14N4O5S. The van der Waals surface area contributed by atoms with Crippen LogP contribution in [0.15, 0.2) is 23.9 Å². The second kappa shape index (κ2) is 5.56. The highest BCUT2D eigenvalue weighted by molar-refractivity contribution is 7.94. The van der Waals surface area contributed by atoms with E-state index in [1.165, 1.54) is 23.2 Å². The van der Waals surface area contributed by atoms with Crippen LogP contribution in [0.1, 0.15) is 11.6 Å². The van der Waals surface area contributed by atoms with Gasteiger partial charge in [0, 0.05) is 24.2 Å². The first-order valence-corrected chi connectivity index (χ1v) is 7.68. The second-order valence-corrected chi connectivity index (χ2v) is 6.53. The van der Waals surface area contributed by atoms with E-state index < -0.39 is 33.9 Å². The van der Waals surface area contributed by atoms with Gasteiger partial charge < -0.3 is 15.7 Å². The zero-order valence-corrected chi connectivity index (χ0v) is 11.9. The van der Waals surface area contributed by atoms with Gasteiger partial charge in [0.15, 0.2) is 15.9 Å². The molecule has 1 aromatic rings. The summed E-state index contributed by atoms with van der Waals surface area (Å²) in [5.74, 6) is -1.47. The van der Waals surface area contributed by atoms with E-state index in [-0.39, 0.29) is 5.75 Å². The Hall–Kier alpha value is -2.36. The zero-order valence-electron chi connectivity index (χ0n) is 11.1. The Kier molecular flexibility index (Phi) is 3.98. The summed E-state index contributed by atoms with van der Waals surface area (Å²) in [5, 5.41) is 18.7. The number of urea groups is 1. The number of nitrogens with one attached hydrogen (secondary N) is 2. The molecular weight excluding hydrogens is 300 g/mol. The number of aliphatic carboxylic acids is 1. The monoisotopic (exact) mass is 314 g/mol. The molecule has 0 fully saturated rings. The molecule has 0 aromatic carbocycles. The molecule has 0 bridgehead atoms. The van der Waals surface area contributed by atoms with E-state index in [2.05, 4.69) is 15.7 Å². The molecule has 1 aromatic heterocycles. The summed E-state index contributed by atoms with van der Waals surface area (Å²) in [6, 6.07) is -2.70.